The Balaban J connectivity index is 0. The molecule has 0 heterocycles. The average molecular weight is 361 g/mol. The molecule has 0 bridgehead atoms. The van der Waals surface area contributed by atoms with Crippen LogP contribution < -0.4 is 0 Å². The summed E-state index contributed by atoms with van der Waals surface area (Å²) in [6, 6.07) is 0. The summed E-state index contributed by atoms with van der Waals surface area (Å²) in [4.78, 5) is 0. The molecular formula is H2O3TeW. The van der Waals surface area contributed by atoms with Crippen LogP contribution in [-0.2, 0) is 37.5 Å². The normalized spacial score (nSPS) is 0. The molecule has 0 aliphatic carbocycles. The van der Waals surface area contributed by atoms with E-state index in [2.05, 4.69) is 0 Å². The van der Waals surface area contributed by atoms with Gasteiger partial charge in [0.1, 0.15) is 0 Å². The molecule has 0 aromatic carbocycles. The van der Waals surface area contributed by atoms with Crippen LogP contribution in [-0.4, -0.2) is 23.7 Å². The van der Waals surface area contributed by atoms with E-state index in [-0.39, 0.29) is 61.2 Å². The molecule has 0 atom stereocenters. The molecule has 0 fully saturated rings. The fourth-order valence-electron chi connectivity index (χ4n) is 0. The Morgan fingerprint density at radius 3 is 0.600 bits per heavy atom. The van der Waals surface area contributed by atoms with Crippen molar-refractivity contribution in [3.8, 4) is 0 Å². The summed E-state index contributed by atoms with van der Waals surface area (Å²) >= 11 is 0. The first-order valence-corrected chi connectivity index (χ1v) is 0. The first kappa shape index (κ1) is 99.0. The van der Waals surface area contributed by atoms with Gasteiger partial charge in [0.05, 0.1) is 0 Å². The molecule has 0 aromatic rings. The Morgan fingerprint density at radius 1 is 0.600 bits per heavy atom. The van der Waals surface area contributed by atoms with Gasteiger partial charge in [-0.3, -0.25) is 0 Å². The van der Waals surface area contributed by atoms with Crippen molar-refractivity contribution < 1.29 is 37.5 Å². The second kappa shape index (κ2) is 55.2. The van der Waals surface area contributed by atoms with Crippen LogP contribution in [0.5, 0.6) is 0 Å². The van der Waals surface area contributed by atoms with E-state index in [1.807, 2.05) is 0 Å². The smallest absolute Gasteiger partial charge is 6.00 e. The molecule has 5 heavy (non-hydrogen) atoms. The van der Waals surface area contributed by atoms with E-state index >= 15 is 0 Å². The number of hydrogen-bond acceptors (Lipinski definition) is 0. The van der Waals surface area contributed by atoms with Gasteiger partial charge in [-0.05, 0) is 0 Å². The van der Waals surface area contributed by atoms with Gasteiger partial charge in [0.2, 0.25) is 0 Å². The summed E-state index contributed by atoms with van der Waals surface area (Å²) < 4.78 is 0. The number of hydrogen-bond donors (Lipinski definition) is 0. The predicted molar refractivity (Wildman–Crippen MR) is 10.6 cm³/mol. The van der Waals surface area contributed by atoms with Gasteiger partial charge in [-0.1, -0.05) is 0 Å². The zero-order valence-corrected chi connectivity index (χ0v) is 7.92. The van der Waals surface area contributed by atoms with Crippen LogP contribution in [0, 0.1) is 0 Å². The molecule has 32 valence electrons. The molecule has 0 unspecified atom stereocenters. The molecule has 0 saturated heterocycles. The van der Waals surface area contributed by atoms with E-state index in [1.54, 1.807) is 0 Å². The monoisotopic (exact) mass is 364 g/mol. The van der Waals surface area contributed by atoms with E-state index in [9.17, 15) is 0 Å². The van der Waals surface area contributed by atoms with E-state index in [0.717, 1.165) is 0 Å². The van der Waals surface area contributed by atoms with Crippen molar-refractivity contribution in [2.24, 2.45) is 0 Å². The van der Waals surface area contributed by atoms with Gasteiger partial charge in [0, 0.05) is 0 Å². The fraction of sp³-hybridized carbons (Fsp3) is 0. The second-order valence-corrected chi connectivity index (χ2v) is 0. The van der Waals surface area contributed by atoms with Crippen molar-refractivity contribution in [3.05, 3.63) is 0 Å². The van der Waals surface area contributed by atoms with Crippen LogP contribution in [0.25, 0.3) is 0 Å². The third-order valence-electron chi connectivity index (χ3n) is 0. The minimum Gasteiger partial charge on any atom is 6.00 e. The summed E-state index contributed by atoms with van der Waals surface area (Å²) in [6.07, 6.45) is 0. The Hall–Kier alpha value is 1.36. The maximum Gasteiger partial charge on any atom is 6.00 e. The van der Waals surface area contributed by atoms with E-state index in [1.165, 1.54) is 0 Å². The summed E-state index contributed by atoms with van der Waals surface area (Å²) in [5, 5.41) is 0. The standard InChI is InChI=1S/3O.H2Te.W/h;;;1H2;/q3*-2;;+6. The number of rotatable bonds is 0. The summed E-state index contributed by atoms with van der Waals surface area (Å²) in [7, 11) is 0. The van der Waals surface area contributed by atoms with Crippen LogP contribution in [0.15, 0.2) is 0 Å². The van der Waals surface area contributed by atoms with Gasteiger partial charge < -0.3 is 16.4 Å². The fourth-order valence-corrected chi connectivity index (χ4v) is 0. The summed E-state index contributed by atoms with van der Waals surface area (Å²) in [5.74, 6) is 0. The van der Waals surface area contributed by atoms with Crippen molar-refractivity contribution in [1.29, 1.82) is 0 Å². The Labute approximate surface area is 61.0 Å². The SMILES string of the molecule is [O-2].[O-2].[O-2].[TeH2].[W+6]. The topological polar surface area (TPSA) is 85.5 Å². The molecule has 0 aromatic heterocycles. The van der Waals surface area contributed by atoms with Gasteiger partial charge >= 0.3 is 44.7 Å². The maximum atomic E-state index is 0. The van der Waals surface area contributed by atoms with Crippen molar-refractivity contribution in [3.63, 3.8) is 0 Å². The molecule has 0 saturated carbocycles. The Kier molecular flexibility index (Phi) is 1090. The van der Waals surface area contributed by atoms with Crippen LogP contribution in [0.2, 0.25) is 0 Å². The molecule has 5 heteroatoms. The maximum absolute atomic E-state index is 0. The largest absolute Gasteiger partial charge is 6.00 e. The molecule has 0 aliphatic rings. The van der Waals surface area contributed by atoms with Crippen molar-refractivity contribution in [2.45, 2.75) is 0 Å². The van der Waals surface area contributed by atoms with Gasteiger partial charge in [-0.15, -0.1) is 0 Å². The first-order valence-electron chi connectivity index (χ1n) is 0. The van der Waals surface area contributed by atoms with Gasteiger partial charge in [-0.25, -0.2) is 0 Å². The van der Waals surface area contributed by atoms with Crippen LogP contribution in [0.4, 0.5) is 0 Å². The molecule has 0 spiro atoms. The van der Waals surface area contributed by atoms with E-state index in [4.69, 9.17) is 0 Å². The van der Waals surface area contributed by atoms with E-state index in [0.29, 0.717) is 0 Å². The molecule has 0 rings (SSSR count). The van der Waals surface area contributed by atoms with Crippen molar-refractivity contribution in [1.82, 2.24) is 0 Å². The third kappa shape index (κ3) is 32.8. The zero-order chi connectivity index (χ0) is 0. The minimum atomic E-state index is 0. The van der Waals surface area contributed by atoms with Gasteiger partial charge in [0.25, 0.3) is 0 Å². The first-order chi connectivity index (χ1) is 0. The molecular weight excluding hydrogens is 359 g/mol. The second-order valence-electron chi connectivity index (χ2n) is 0. The van der Waals surface area contributed by atoms with Gasteiger partial charge in [-0.2, -0.15) is 0 Å². The van der Waals surface area contributed by atoms with Gasteiger partial charge in [0.15, 0.2) is 0 Å². The molecule has 0 aliphatic heterocycles. The quantitative estimate of drug-likeness (QED) is 0.482. The molecule has 0 radical (unpaired) electrons. The van der Waals surface area contributed by atoms with Crippen LogP contribution in [0.3, 0.4) is 0 Å². The van der Waals surface area contributed by atoms with Crippen LogP contribution >= 0.6 is 0 Å². The Morgan fingerprint density at radius 2 is 0.600 bits per heavy atom. The summed E-state index contributed by atoms with van der Waals surface area (Å²) in [5.41, 5.74) is 0. The van der Waals surface area contributed by atoms with Crippen molar-refractivity contribution in [2.75, 3.05) is 0 Å². The predicted octanol–water partition coefficient (Wildman–Crippen LogP) is -1.28. The third-order valence-corrected chi connectivity index (χ3v) is 0. The molecule has 0 amide bonds. The minimum absolute atomic E-state index is 0. The van der Waals surface area contributed by atoms with E-state index < -0.39 is 0 Å². The molecule has 3 nitrogen and oxygen atoms in total. The van der Waals surface area contributed by atoms with Crippen LogP contribution in [0.1, 0.15) is 0 Å². The summed E-state index contributed by atoms with van der Waals surface area (Å²) in [6.45, 7) is 0. The average Bonchev–Trinajstić information content (AvgIpc) is 0. The molecule has 0 N–H and O–H groups in total. The Bertz CT molecular complexity index is 6.85. The zero-order valence-electron chi connectivity index (χ0n) is 2.13. The van der Waals surface area contributed by atoms with Crippen molar-refractivity contribution >= 4 is 23.7 Å².